The number of nitro benzene ring substituents is 1. The molecule has 0 aliphatic heterocycles. The van der Waals surface area contributed by atoms with Crippen LogP contribution in [-0.4, -0.2) is 23.0 Å². The van der Waals surface area contributed by atoms with Crippen LogP contribution < -0.4 is 4.74 Å². The van der Waals surface area contributed by atoms with Gasteiger partial charge >= 0.3 is 11.7 Å². The molecule has 0 atom stereocenters. The smallest absolute Gasteiger partial charge is 0.351 e. The van der Waals surface area contributed by atoms with Gasteiger partial charge in [-0.15, -0.1) is 0 Å². The first-order chi connectivity index (χ1) is 9.93. The van der Waals surface area contributed by atoms with E-state index >= 15 is 0 Å². The number of aromatic nitrogens is 1. The minimum Gasteiger partial charge on any atom is -0.465 e. The number of benzene rings is 1. The second kappa shape index (κ2) is 6.37. The van der Waals surface area contributed by atoms with Crippen molar-refractivity contribution in [2.24, 2.45) is 0 Å². The highest BCUT2D eigenvalue weighted by Gasteiger charge is 2.23. The van der Waals surface area contributed by atoms with Crippen molar-refractivity contribution in [3.8, 4) is 10.9 Å². The van der Waals surface area contributed by atoms with Crippen LogP contribution in [-0.2, 0) is 4.74 Å². The molecule has 10 heteroatoms. The van der Waals surface area contributed by atoms with Crippen molar-refractivity contribution in [2.45, 2.75) is 0 Å². The van der Waals surface area contributed by atoms with Gasteiger partial charge in [-0.25, -0.2) is 4.79 Å². The highest BCUT2D eigenvalue weighted by Crippen LogP contribution is 2.40. The molecule has 1 aromatic heterocycles. The van der Waals surface area contributed by atoms with E-state index in [1.54, 1.807) is 6.07 Å². The molecule has 21 heavy (non-hydrogen) atoms. The summed E-state index contributed by atoms with van der Waals surface area (Å²) in [6, 6.07) is 4.37. The molecule has 0 radical (unpaired) electrons. The predicted octanol–water partition coefficient (Wildman–Crippen LogP) is 4.05. The maximum absolute atomic E-state index is 11.4. The minimum atomic E-state index is -0.658. The molecule has 0 unspecified atom stereocenters. The highest BCUT2D eigenvalue weighted by molar-refractivity contribution is 9.10. The van der Waals surface area contributed by atoms with E-state index in [0.29, 0.717) is 4.47 Å². The normalized spacial score (nSPS) is 10.2. The van der Waals surface area contributed by atoms with Crippen LogP contribution in [0, 0.1) is 10.1 Å². The number of nitrogens with zero attached hydrogens (tertiary/aromatic N) is 2. The predicted molar refractivity (Wildman–Crippen MR) is 79.3 cm³/mol. The number of halogens is 2. The topological polar surface area (TPSA) is 91.6 Å². The van der Waals surface area contributed by atoms with Gasteiger partial charge in [0, 0.05) is 6.07 Å². The molecule has 1 aromatic carbocycles. The number of hydrogen-bond acceptors (Lipinski definition) is 7. The Balaban J connectivity index is 2.39. The number of thiazole rings is 1. The Hall–Kier alpha value is -1.71. The molecule has 7 nitrogen and oxygen atoms in total. The monoisotopic (exact) mass is 392 g/mol. The molecule has 0 amide bonds. The molecular formula is C11H6BrClN2O5S. The number of nitro groups is 1. The van der Waals surface area contributed by atoms with E-state index in [1.165, 1.54) is 19.2 Å². The Labute approximate surface area is 135 Å². The van der Waals surface area contributed by atoms with Gasteiger partial charge in [0.15, 0.2) is 10.0 Å². The Kier molecular flexibility index (Phi) is 4.76. The maximum Gasteiger partial charge on any atom is 0.351 e. The number of ether oxygens (including phenoxy) is 2. The standard InChI is InChI=1S/C11H6BrClN2O5S/c1-19-10(16)8-9(13)14-11(21-8)20-7-5(12)3-2-4-6(7)15(17)18/h2-4H,1H3. The zero-order valence-corrected chi connectivity index (χ0v) is 13.5. The molecule has 0 saturated heterocycles. The molecule has 0 saturated carbocycles. The van der Waals surface area contributed by atoms with E-state index in [0.717, 1.165) is 11.3 Å². The molecule has 0 spiro atoms. The fraction of sp³-hybridized carbons (Fsp3) is 0.0909. The lowest BCUT2D eigenvalue weighted by Crippen LogP contribution is -1.98. The van der Waals surface area contributed by atoms with Crippen LogP contribution in [0.15, 0.2) is 22.7 Å². The van der Waals surface area contributed by atoms with Crippen LogP contribution in [0.3, 0.4) is 0 Å². The van der Waals surface area contributed by atoms with Crippen molar-refractivity contribution < 1.29 is 19.2 Å². The summed E-state index contributed by atoms with van der Waals surface area (Å²) in [6.45, 7) is 0. The van der Waals surface area contributed by atoms with E-state index in [-0.39, 0.29) is 26.7 Å². The number of carbonyl (C=O) groups is 1. The van der Waals surface area contributed by atoms with E-state index < -0.39 is 10.9 Å². The molecule has 0 N–H and O–H groups in total. The molecular weight excluding hydrogens is 388 g/mol. The molecule has 2 aromatic rings. The Morgan fingerprint density at radius 1 is 1.52 bits per heavy atom. The van der Waals surface area contributed by atoms with Crippen molar-refractivity contribution in [1.82, 2.24) is 4.98 Å². The average molecular weight is 394 g/mol. The largest absolute Gasteiger partial charge is 0.465 e. The van der Waals surface area contributed by atoms with E-state index in [9.17, 15) is 14.9 Å². The van der Waals surface area contributed by atoms with Crippen molar-refractivity contribution in [3.63, 3.8) is 0 Å². The summed E-state index contributed by atoms with van der Waals surface area (Å²) in [7, 11) is 1.21. The molecule has 0 aliphatic carbocycles. The quantitative estimate of drug-likeness (QED) is 0.442. The second-order valence-electron chi connectivity index (χ2n) is 3.54. The van der Waals surface area contributed by atoms with E-state index in [4.69, 9.17) is 16.3 Å². The first-order valence-corrected chi connectivity index (χ1v) is 7.28. The molecule has 2 rings (SSSR count). The van der Waals surface area contributed by atoms with Crippen LogP contribution >= 0.6 is 38.9 Å². The van der Waals surface area contributed by atoms with Gasteiger partial charge in [0.25, 0.3) is 5.19 Å². The lowest BCUT2D eigenvalue weighted by atomic mass is 10.3. The zero-order chi connectivity index (χ0) is 15.6. The third-order valence-corrected chi connectivity index (χ3v) is 4.19. The van der Waals surface area contributed by atoms with Crippen LogP contribution in [0.2, 0.25) is 5.15 Å². The summed E-state index contributed by atoms with van der Waals surface area (Å²) in [4.78, 5) is 25.7. The summed E-state index contributed by atoms with van der Waals surface area (Å²) in [6.07, 6.45) is 0. The van der Waals surface area contributed by atoms with Crippen molar-refractivity contribution in [2.75, 3.05) is 7.11 Å². The molecule has 1 heterocycles. The summed E-state index contributed by atoms with van der Waals surface area (Å²) in [5.74, 6) is -0.682. The average Bonchev–Trinajstić information content (AvgIpc) is 2.80. The van der Waals surface area contributed by atoms with Gasteiger partial charge in [0.2, 0.25) is 5.75 Å². The SMILES string of the molecule is COC(=O)c1sc(Oc2c(Br)cccc2[N+](=O)[O-])nc1Cl. The number of rotatable bonds is 4. The molecule has 110 valence electrons. The Morgan fingerprint density at radius 2 is 2.24 bits per heavy atom. The molecule has 0 bridgehead atoms. The molecule has 0 fully saturated rings. The molecule has 0 aliphatic rings. The van der Waals surface area contributed by atoms with Gasteiger partial charge < -0.3 is 9.47 Å². The van der Waals surface area contributed by atoms with Gasteiger partial charge in [-0.1, -0.05) is 29.0 Å². The van der Waals surface area contributed by atoms with Crippen LogP contribution in [0.25, 0.3) is 0 Å². The fourth-order valence-corrected chi connectivity index (χ4v) is 2.86. The van der Waals surface area contributed by atoms with Gasteiger partial charge in [-0.05, 0) is 22.0 Å². The van der Waals surface area contributed by atoms with Gasteiger partial charge in [0.05, 0.1) is 16.5 Å². The van der Waals surface area contributed by atoms with Crippen LogP contribution in [0.4, 0.5) is 5.69 Å². The van der Waals surface area contributed by atoms with E-state index in [2.05, 4.69) is 25.7 Å². The summed E-state index contributed by atoms with van der Waals surface area (Å²) in [5.41, 5.74) is -0.240. The lowest BCUT2D eigenvalue weighted by molar-refractivity contribution is -0.385. The first kappa shape index (κ1) is 15.7. The minimum absolute atomic E-state index is 0.00426. The number of esters is 1. The Bertz CT molecular complexity index is 721. The number of methoxy groups -OCH3 is 1. The van der Waals surface area contributed by atoms with Crippen molar-refractivity contribution >= 4 is 50.5 Å². The zero-order valence-electron chi connectivity index (χ0n) is 10.3. The highest BCUT2D eigenvalue weighted by atomic mass is 79.9. The van der Waals surface area contributed by atoms with Crippen molar-refractivity contribution in [1.29, 1.82) is 0 Å². The number of carbonyl (C=O) groups excluding carboxylic acids is 1. The van der Waals surface area contributed by atoms with Crippen molar-refractivity contribution in [3.05, 3.63) is 42.8 Å². The second-order valence-corrected chi connectivity index (χ2v) is 5.71. The van der Waals surface area contributed by atoms with Crippen LogP contribution in [0.5, 0.6) is 10.9 Å². The summed E-state index contributed by atoms with van der Waals surface area (Å²) in [5, 5.41) is 10.9. The summed E-state index contributed by atoms with van der Waals surface area (Å²) < 4.78 is 10.3. The summed E-state index contributed by atoms with van der Waals surface area (Å²) >= 11 is 9.80. The first-order valence-electron chi connectivity index (χ1n) is 5.29. The number of para-hydroxylation sites is 1. The third kappa shape index (κ3) is 3.31. The maximum atomic E-state index is 11.4. The lowest BCUT2D eigenvalue weighted by Gasteiger charge is -2.04. The number of hydrogen-bond donors (Lipinski definition) is 0. The van der Waals surface area contributed by atoms with Gasteiger partial charge in [-0.3, -0.25) is 10.1 Å². The van der Waals surface area contributed by atoms with Gasteiger partial charge in [-0.2, -0.15) is 4.98 Å². The third-order valence-electron chi connectivity index (χ3n) is 2.27. The fourth-order valence-electron chi connectivity index (χ4n) is 1.37. The van der Waals surface area contributed by atoms with Crippen LogP contribution in [0.1, 0.15) is 9.67 Å². The van der Waals surface area contributed by atoms with E-state index in [1.807, 2.05) is 0 Å². The Morgan fingerprint density at radius 3 is 2.86 bits per heavy atom. The van der Waals surface area contributed by atoms with Gasteiger partial charge in [0.1, 0.15) is 0 Å².